The second kappa shape index (κ2) is 5.05. The fourth-order valence-corrected chi connectivity index (χ4v) is 2.68. The summed E-state index contributed by atoms with van der Waals surface area (Å²) in [7, 11) is 0. The van der Waals surface area contributed by atoms with E-state index in [1.165, 1.54) is 0 Å². The molecule has 0 saturated heterocycles. The standard InChI is InChI=1S/C15H16BrNO3/c1-8-5-6-9(10(16)7-8)12-11(14(18)19)13(20-17-12)15(2,3)4/h5-7H,1-4H3,(H,18,19). The van der Waals surface area contributed by atoms with E-state index in [0.29, 0.717) is 17.0 Å². The predicted molar refractivity (Wildman–Crippen MR) is 80.0 cm³/mol. The average Bonchev–Trinajstić information content (AvgIpc) is 2.72. The van der Waals surface area contributed by atoms with Gasteiger partial charge in [-0.05, 0) is 18.6 Å². The molecule has 0 aliphatic heterocycles. The predicted octanol–water partition coefficient (Wildman–Crippen LogP) is 4.41. The van der Waals surface area contributed by atoms with Gasteiger partial charge in [0, 0.05) is 15.5 Å². The molecular weight excluding hydrogens is 322 g/mol. The third-order valence-corrected chi connectivity index (χ3v) is 3.62. The van der Waals surface area contributed by atoms with Crippen molar-refractivity contribution in [2.24, 2.45) is 0 Å². The van der Waals surface area contributed by atoms with Gasteiger partial charge < -0.3 is 9.63 Å². The van der Waals surface area contributed by atoms with Crippen LogP contribution >= 0.6 is 15.9 Å². The molecule has 1 aromatic carbocycles. The van der Waals surface area contributed by atoms with E-state index in [4.69, 9.17) is 4.52 Å². The maximum Gasteiger partial charge on any atom is 0.341 e. The molecule has 0 aliphatic rings. The molecule has 0 bridgehead atoms. The van der Waals surface area contributed by atoms with Crippen LogP contribution in [0.2, 0.25) is 0 Å². The summed E-state index contributed by atoms with van der Waals surface area (Å²) in [5.41, 5.74) is 1.86. The van der Waals surface area contributed by atoms with E-state index in [1.54, 1.807) is 0 Å². The highest BCUT2D eigenvalue weighted by molar-refractivity contribution is 9.10. The molecule has 1 heterocycles. The number of carboxylic acid groups (broad SMARTS) is 1. The fraction of sp³-hybridized carbons (Fsp3) is 0.333. The molecule has 0 radical (unpaired) electrons. The van der Waals surface area contributed by atoms with Crippen LogP contribution in [0.4, 0.5) is 0 Å². The monoisotopic (exact) mass is 337 g/mol. The third-order valence-electron chi connectivity index (χ3n) is 2.97. The normalized spacial score (nSPS) is 11.7. The molecule has 2 aromatic rings. The van der Waals surface area contributed by atoms with E-state index in [1.807, 2.05) is 45.9 Å². The summed E-state index contributed by atoms with van der Waals surface area (Å²) in [5.74, 6) is -0.647. The molecule has 0 unspecified atom stereocenters. The van der Waals surface area contributed by atoms with Crippen molar-refractivity contribution >= 4 is 21.9 Å². The fourth-order valence-electron chi connectivity index (χ4n) is 2.00. The average molecular weight is 338 g/mol. The minimum Gasteiger partial charge on any atom is -0.477 e. The quantitative estimate of drug-likeness (QED) is 0.881. The largest absolute Gasteiger partial charge is 0.477 e. The maximum absolute atomic E-state index is 11.6. The van der Waals surface area contributed by atoms with E-state index in [9.17, 15) is 9.90 Å². The summed E-state index contributed by atoms with van der Waals surface area (Å²) >= 11 is 3.45. The maximum atomic E-state index is 11.6. The highest BCUT2D eigenvalue weighted by Gasteiger charge is 2.31. The number of aryl methyl sites for hydroxylation is 1. The minimum absolute atomic E-state index is 0.127. The lowest BCUT2D eigenvalue weighted by Crippen LogP contribution is -2.15. The van der Waals surface area contributed by atoms with Gasteiger partial charge in [0.1, 0.15) is 11.3 Å². The van der Waals surface area contributed by atoms with Crippen molar-refractivity contribution in [3.63, 3.8) is 0 Å². The summed E-state index contributed by atoms with van der Waals surface area (Å²) in [6, 6.07) is 5.68. The van der Waals surface area contributed by atoms with Gasteiger partial charge in [0.15, 0.2) is 5.76 Å². The first-order valence-electron chi connectivity index (χ1n) is 6.22. The van der Waals surface area contributed by atoms with Gasteiger partial charge in [0.2, 0.25) is 0 Å². The van der Waals surface area contributed by atoms with Gasteiger partial charge in [0.05, 0.1) is 0 Å². The Bertz CT molecular complexity index is 668. The molecule has 0 saturated carbocycles. The van der Waals surface area contributed by atoms with Crippen LogP contribution in [-0.4, -0.2) is 16.2 Å². The first kappa shape index (κ1) is 14.8. The highest BCUT2D eigenvalue weighted by atomic mass is 79.9. The number of halogens is 1. The van der Waals surface area contributed by atoms with Crippen molar-refractivity contribution in [1.82, 2.24) is 5.16 Å². The zero-order valence-electron chi connectivity index (χ0n) is 11.8. The van der Waals surface area contributed by atoms with Gasteiger partial charge >= 0.3 is 5.97 Å². The minimum atomic E-state index is -1.03. The van der Waals surface area contributed by atoms with Gasteiger partial charge in [0.25, 0.3) is 0 Å². The molecule has 2 rings (SSSR count). The molecule has 1 aromatic heterocycles. The lowest BCUT2D eigenvalue weighted by atomic mass is 9.89. The second-order valence-corrected chi connectivity index (χ2v) is 6.63. The summed E-state index contributed by atoms with van der Waals surface area (Å²) in [4.78, 5) is 11.6. The number of nitrogens with zero attached hydrogens (tertiary/aromatic N) is 1. The van der Waals surface area contributed by atoms with E-state index in [2.05, 4.69) is 21.1 Å². The smallest absolute Gasteiger partial charge is 0.341 e. The van der Waals surface area contributed by atoms with Gasteiger partial charge in [-0.25, -0.2) is 4.79 Å². The van der Waals surface area contributed by atoms with Gasteiger partial charge in [-0.3, -0.25) is 0 Å². The van der Waals surface area contributed by atoms with E-state index in [-0.39, 0.29) is 5.56 Å². The van der Waals surface area contributed by atoms with Crippen molar-refractivity contribution in [3.8, 4) is 11.3 Å². The Hall–Kier alpha value is -1.62. The Morgan fingerprint density at radius 1 is 1.35 bits per heavy atom. The third kappa shape index (κ3) is 2.63. The number of carbonyl (C=O) groups is 1. The molecular formula is C15H16BrNO3. The molecule has 0 amide bonds. The van der Waals surface area contributed by atoms with Crippen molar-refractivity contribution in [1.29, 1.82) is 0 Å². The molecule has 5 heteroatoms. The molecule has 1 N–H and O–H groups in total. The van der Waals surface area contributed by atoms with Gasteiger partial charge in [-0.15, -0.1) is 0 Å². The van der Waals surface area contributed by atoms with Crippen molar-refractivity contribution in [3.05, 3.63) is 39.6 Å². The summed E-state index contributed by atoms with van der Waals surface area (Å²) in [6.45, 7) is 7.66. The molecule has 0 fully saturated rings. The molecule has 0 atom stereocenters. The number of hydrogen-bond acceptors (Lipinski definition) is 3. The Morgan fingerprint density at radius 2 is 2.00 bits per heavy atom. The number of rotatable bonds is 2. The van der Waals surface area contributed by atoms with Crippen LogP contribution in [0.1, 0.15) is 42.5 Å². The Morgan fingerprint density at radius 3 is 2.50 bits per heavy atom. The number of benzene rings is 1. The first-order chi connectivity index (χ1) is 9.21. The van der Waals surface area contributed by atoms with E-state index < -0.39 is 11.4 Å². The van der Waals surface area contributed by atoms with Crippen LogP contribution in [0, 0.1) is 6.92 Å². The number of aromatic carboxylic acids is 1. The van der Waals surface area contributed by atoms with Crippen molar-refractivity contribution in [2.75, 3.05) is 0 Å². The van der Waals surface area contributed by atoms with Crippen LogP contribution < -0.4 is 0 Å². The van der Waals surface area contributed by atoms with Crippen molar-refractivity contribution in [2.45, 2.75) is 33.1 Å². The summed E-state index contributed by atoms with van der Waals surface area (Å²) in [6.07, 6.45) is 0. The SMILES string of the molecule is Cc1ccc(-c2noc(C(C)(C)C)c2C(=O)O)c(Br)c1. The highest BCUT2D eigenvalue weighted by Crippen LogP contribution is 2.36. The van der Waals surface area contributed by atoms with Crippen LogP contribution in [0.15, 0.2) is 27.2 Å². The molecule has 106 valence electrons. The van der Waals surface area contributed by atoms with Crippen molar-refractivity contribution < 1.29 is 14.4 Å². The first-order valence-corrected chi connectivity index (χ1v) is 7.01. The van der Waals surface area contributed by atoms with Gasteiger partial charge in [-0.1, -0.05) is 54.0 Å². The molecule has 20 heavy (non-hydrogen) atoms. The van der Waals surface area contributed by atoms with E-state index in [0.717, 1.165) is 10.0 Å². The topological polar surface area (TPSA) is 63.3 Å². The van der Waals surface area contributed by atoms with E-state index >= 15 is 0 Å². The van der Waals surface area contributed by atoms with Gasteiger partial charge in [-0.2, -0.15) is 0 Å². The zero-order valence-corrected chi connectivity index (χ0v) is 13.4. The summed E-state index contributed by atoms with van der Waals surface area (Å²) < 4.78 is 6.11. The number of aromatic nitrogens is 1. The second-order valence-electron chi connectivity index (χ2n) is 5.77. The van der Waals surface area contributed by atoms with Crippen LogP contribution in [0.5, 0.6) is 0 Å². The Balaban J connectivity index is 2.69. The lowest BCUT2D eigenvalue weighted by molar-refractivity contribution is 0.0693. The number of carboxylic acids is 1. The lowest BCUT2D eigenvalue weighted by Gasteiger charge is -2.14. The Kier molecular flexibility index (Phi) is 3.73. The molecule has 4 nitrogen and oxygen atoms in total. The number of hydrogen-bond donors (Lipinski definition) is 1. The van der Waals surface area contributed by atoms with Crippen LogP contribution in [0.3, 0.4) is 0 Å². The Labute approximate surface area is 125 Å². The zero-order chi connectivity index (χ0) is 15.1. The van der Waals surface area contributed by atoms with Crippen LogP contribution in [-0.2, 0) is 5.41 Å². The van der Waals surface area contributed by atoms with Crippen LogP contribution in [0.25, 0.3) is 11.3 Å². The molecule has 0 aliphatic carbocycles. The molecule has 0 spiro atoms. The summed E-state index contributed by atoms with van der Waals surface area (Å²) in [5, 5.41) is 13.5.